The standard InChI is InChI=1S/C16H18N2O2S/c1-11-6-3-4-8-14(11)18-16(19)10-21(20)15-9-5-7-13(17)12(15)2/h3-9H,10,17H2,1-2H3,(H,18,19). The summed E-state index contributed by atoms with van der Waals surface area (Å²) in [6.07, 6.45) is 0. The number of benzene rings is 2. The summed E-state index contributed by atoms with van der Waals surface area (Å²) in [7, 11) is -1.41. The van der Waals surface area contributed by atoms with Crippen molar-refractivity contribution in [3.63, 3.8) is 0 Å². The molecule has 4 nitrogen and oxygen atoms in total. The number of carbonyl (C=O) groups is 1. The number of aryl methyl sites for hydroxylation is 1. The highest BCUT2D eigenvalue weighted by atomic mass is 32.2. The molecule has 0 aromatic heterocycles. The van der Waals surface area contributed by atoms with Crippen molar-refractivity contribution in [1.29, 1.82) is 0 Å². The smallest absolute Gasteiger partial charge is 0.237 e. The molecule has 0 aliphatic rings. The number of nitrogen functional groups attached to an aromatic ring is 1. The van der Waals surface area contributed by atoms with E-state index in [0.29, 0.717) is 10.6 Å². The van der Waals surface area contributed by atoms with Gasteiger partial charge in [-0.25, -0.2) is 0 Å². The van der Waals surface area contributed by atoms with Crippen LogP contribution in [0.25, 0.3) is 0 Å². The third kappa shape index (κ3) is 3.70. The number of hydrogen-bond acceptors (Lipinski definition) is 3. The Morgan fingerprint density at radius 3 is 2.57 bits per heavy atom. The van der Waals surface area contributed by atoms with Gasteiger partial charge in [-0.3, -0.25) is 9.00 Å². The molecule has 0 saturated carbocycles. The van der Waals surface area contributed by atoms with Gasteiger partial charge in [-0.15, -0.1) is 0 Å². The van der Waals surface area contributed by atoms with Crippen LogP contribution in [0.5, 0.6) is 0 Å². The van der Waals surface area contributed by atoms with Crippen LogP contribution in [0.3, 0.4) is 0 Å². The lowest BCUT2D eigenvalue weighted by atomic mass is 10.2. The third-order valence-electron chi connectivity index (χ3n) is 3.25. The summed E-state index contributed by atoms with van der Waals surface area (Å²) in [5, 5.41) is 2.78. The molecule has 0 aliphatic heterocycles. The van der Waals surface area contributed by atoms with Gasteiger partial charge in [-0.05, 0) is 43.2 Å². The Hall–Kier alpha value is -2.14. The maximum Gasteiger partial charge on any atom is 0.237 e. The molecule has 1 atom stereocenters. The summed E-state index contributed by atoms with van der Waals surface area (Å²) in [5.74, 6) is -0.358. The van der Waals surface area contributed by atoms with Crippen LogP contribution < -0.4 is 11.1 Å². The zero-order chi connectivity index (χ0) is 15.4. The van der Waals surface area contributed by atoms with E-state index in [0.717, 1.165) is 16.8 Å². The van der Waals surface area contributed by atoms with Crippen LogP contribution in [0.2, 0.25) is 0 Å². The molecule has 1 amide bonds. The predicted octanol–water partition coefficient (Wildman–Crippen LogP) is 2.63. The van der Waals surface area contributed by atoms with Crippen molar-refractivity contribution in [3.8, 4) is 0 Å². The molecule has 0 saturated heterocycles. The second-order valence-electron chi connectivity index (χ2n) is 4.82. The topological polar surface area (TPSA) is 72.2 Å². The monoisotopic (exact) mass is 302 g/mol. The molecule has 2 aromatic carbocycles. The van der Waals surface area contributed by atoms with E-state index in [-0.39, 0.29) is 11.7 Å². The predicted molar refractivity (Wildman–Crippen MR) is 86.7 cm³/mol. The summed E-state index contributed by atoms with van der Waals surface area (Å²) in [6.45, 7) is 3.72. The summed E-state index contributed by atoms with van der Waals surface area (Å²) in [4.78, 5) is 12.6. The molecule has 110 valence electrons. The lowest BCUT2D eigenvalue weighted by Crippen LogP contribution is -2.20. The number of hydrogen-bond donors (Lipinski definition) is 2. The Labute approximate surface area is 126 Å². The van der Waals surface area contributed by atoms with Crippen LogP contribution in [0.4, 0.5) is 11.4 Å². The van der Waals surface area contributed by atoms with Gasteiger partial charge in [-0.1, -0.05) is 24.3 Å². The van der Waals surface area contributed by atoms with Crippen LogP contribution in [0.15, 0.2) is 47.4 Å². The lowest BCUT2D eigenvalue weighted by molar-refractivity contribution is -0.113. The normalized spacial score (nSPS) is 11.9. The first-order valence-electron chi connectivity index (χ1n) is 6.58. The highest BCUT2D eigenvalue weighted by molar-refractivity contribution is 7.85. The Bertz CT molecular complexity index is 698. The fourth-order valence-electron chi connectivity index (χ4n) is 1.97. The number of anilines is 2. The fraction of sp³-hybridized carbons (Fsp3) is 0.188. The summed E-state index contributed by atoms with van der Waals surface area (Å²) in [6, 6.07) is 12.7. The van der Waals surface area contributed by atoms with Crippen LogP contribution in [0, 0.1) is 13.8 Å². The number of nitrogens with two attached hydrogens (primary N) is 1. The minimum absolute atomic E-state index is 0.0847. The van der Waals surface area contributed by atoms with E-state index < -0.39 is 10.8 Å². The van der Waals surface area contributed by atoms with Gasteiger partial charge in [0.05, 0.1) is 10.8 Å². The zero-order valence-electron chi connectivity index (χ0n) is 12.1. The van der Waals surface area contributed by atoms with Crippen LogP contribution in [-0.4, -0.2) is 15.9 Å². The van der Waals surface area contributed by atoms with Crippen molar-refractivity contribution in [2.24, 2.45) is 0 Å². The molecule has 2 rings (SSSR count). The Morgan fingerprint density at radius 2 is 1.86 bits per heavy atom. The Kier molecular flexibility index (Phi) is 4.75. The summed E-state index contributed by atoms with van der Waals surface area (Å²) >= 11 is 0. The molecule has 2 aromatic rings. The molecule has 0 radical (unpaired) electrons. The molecular weight excluding hydrogens is 284 g/mol. The maximum atomic E-state index is 12.3. The molecule has 3 N–H and O–H groups in total. The molecule has 21 heavy (non-hydrogen) atoms. The number of para-hydroxylation sites is 1. The Morgan fingerprint density at radius 1 is 1.14 bits per heavy atom. The Balaban J connectivity index is 2.08. The molecule has 1 unspecified atom stereocenters. The molecule has 5 heteroatoms. The average Bonchev–Trinajstić information content (AvgIpc) is 2.44. The van der Waals surface area contributed by atoms with Gasteiger partial charge in [-0.2, -0.15) is 0 Å². The maximum absolute atomic E-state index is 12.3. The SMILES string of the molecule is Cc1ccccc1NC(=O)CS(=O)c1cccc(N)c1C. The summed E-state index contributed by atoms with van der Waals surface area (Å²) in [5.41, 5.74) is 8.85. The van der Waals surface area contributed by atoms with Gasteiger partial charge < -0.3 is 11.1 Å². The van der Waals surface area contributed by atoms with E-state index in [1.54, 1.807) is 18.2 Å². The van der Waals surface area contributed by atoms with Gasteiger partial charge in [0.1, 0.15) is 5.75 Å². The first-order valence-corrected chi connectivity index (χ1v) is 7.90. The highest BCUT2D eigenvalue weighted by Crippen LogP contribution is 2.19. The first kappa shape index (κ1) is 15.3. The lowest BCUT2D eigenvalue weighted by Gasteiger charge is -2.10. The van der Waals surface area contributed by atoms with Crippen molar-refractivity contribution in [1.82, 2.24) is 0 Å². The zero-order valence-corrected chi connectivity index (χ0v) is 12.9. The van der Waals surface area contributed by atoms with Crippen molar-refractivity contribution in [2.75, 3.05) is 16.8 Å². The van der Waals surface area contributed by atoms with E-state index in [2.05, 4.69) is 5.32 Å². The molecule has 0 heterocycles. The van der Waals surface area contributed by atoms with E-state index in [4.69, 9.17) is 5.73 Å². The second kappa shape index (κ2) is 6.54. The van der Waals surface area contributed by atoms with Crippen LogP contribution in [-0.2, 0) is 15.6 Å². The fourth-order valence-corrected chi connectivity index (χ4v) is 3.13. The molecular formula is C16H18N2O2S. The first-order chi connectivity index (χ1) is 9.99. The average molecular weight is 302 g/mol. The molecule has 0 fully saturated rings. The molecule has 0 aliphatic carbocycles. The number of rotatable bonds is 4. The number of nitrogens with one attached hydrogen (secondary N) is 1. The van der Waals surface area contributed by atoms with Crippen molar-refractivity contribution < 1.29 is 9.00 Å². The minimum atomic E-state index is -1.41. The molecule has 0 bridgehead atoms. The molecule has 0 spiro atoms. The van der Waals surface area contributed by atoms with Gasteiger partial charge in [0.2, 0.25) is 5.91 Å². The second-order valence-corrected chi connectivity index (χ2v) is 6.24. The van der Waals surface area contributed by atoms with Crippen LogP contribution in [0.1, 0.15) is 11.1 Å². The van der Waals surface area contributed by atoms with Gasteiger partial charge in [0.25, 0.3) is 0 Å². The van der Waals surface area contributed by atoms with E-state index in [9.17, 15) is 9.00 Å². The largest absolute Gasteiger partial charge is 0.398 e. The number of amides is 1. The summed E-state index contributed by atoms with van der Waals surface area (Å²) < 4.78 is 12.3. The van der Waals surface area contributed by atoms with Crippen molar-refractivity contribution in [3.05, 3.63) is 53.6 Å². The minimum Gasteiger partial charge on any atom is -0.398 e. The van der Waals surface area contributed by atoms with E-state index in [1.807, 2.05) is 38.1 Å². The van der Waals surface area contributed by atoms with Gasteiger partial charge >= 0.3 is 0 Å². The van der Waals surface area contributed by atoms with Crippen molar-refractivity contribution in [2.45, 2.75) is 18.7 Å². The number of carbonyl (C=O) groups excluding carboxylic acids is 1. The van der Waals surface area contributed by atoms with Crippen LogP contribution >= 0.6 is 0 Å². The van der Waals surface area contributed by atoms with E-state index >= 15 is 0 Å². The van der Waals surface area contributed by atoms with Gasteiger partial charge in [0, 0.05) is 16.3 Å². The third-order valence-corrected chi connectivity index (χ3v) is 4.71. The highest BCUT2D eigenvalue weighted by Gasteiger charge is 2.14. The van der Waals surface area contributed by atoms with Crippen molar-refractivity contribution >= 4 is 28.1 Å². The quantitative estimate of drug-likeness (QED) is 0.853. The van der Waals surface area contributed by atoms with E-state index in [1.165, 1.54) is 0 Å². The van der Waals surface area contributed by atoms with Gasteiger partial charge in [0.15, 0.2) is 0 Å².